The summed E-state index contributed by atoms with van der Waals surface area (Å²) in [6.45, 7) is -0.110. The molecule has 2 aromatic rings. The SMILES string of the molecule is Cn1ccnc1SCc1ccccc1C#CCO. The molecule has 0 aliphatic rings. The summed E-state index contributed by atoms with van der Waals surface area (Å²) in [6.07, 6.45) is 3.72. The van der Waals surface area contributed by atoms with Crippen LogP contribution in [-0.4, -0.2) is 21.3 Å². The van der Waals surface area contributed by atoms with E-state index in [-0.39, 0.29) is 6.61 Å². The first-order valence-electron chi connectivity index (χ1n) is 5.59. The van der Waals surface area contributed by atoms with Crippen LogP contribution in [0.25, 0.3) is 0 Å². The Kier molecular flexibility index (Phi) is 4.46. The molecule has 4 heteroatoms. The van der Waals surface area contributed by atoms with E-state index >= 15 is 0 Å². The van der Waals surface area contributed by atoms with E-state index in [4.69, 9.17) is 5.11 Å². The molecule has 1 N–H and O–H groups in total. The Morgan fingerprint density at radius 1 is 1.39 bits per heavy atom. The van der Waals surface area contributed by atoms with Crippen molar-refractivity contribution < 1.29 is 5.11 Å². The van der Waals surface area contributed by atoms with E-state index in [1.165, 1.54) is 0 Å². The molecule has 0 unspecified atom stereocenters. The van der Waals surface area contributed by atoms with Gasteiger partial charge in [0.25, 0.3) is 0 Å². The van der Waals surface area contributed by atoms with Crippen LogP contribution in [0.2, 0.25) is 0 Å². The van der Waals surface area contributed by atoms with Crippen LogP contribution < -0.4 is 0 Å². The quantitative estimate of drug-likeness (QED) is 0.676. The number of benzene rings is 1. The topological polar surface area (TPSA) is 38.0 Å². The van der Waals surface area contributed by atoms with Crippen molar-refractivity contribution in [3.63, 3.8) is 0 Å². The number of hydrogen-bond acceptors (Lipinski definition) is 3. The number of aliphatic hydroxyl groups is 1. The van der Waals surface area contributed by atoms with Gasteiger partial charge in [-0.3, -0.25) is 0 Å². The molecule has 0 spiro atoms. The van der Waals surface area contributed by atoms with Gasteiger partial charge in [-0.05, 0) is 11.6 Å². The fraction of sp³-hybridized carbons (Fsp3) is 0.214. The molecule has 0 aliphatic heterocycles. The first kappa shape index (κ1) is 12.7. The molecule has 1 aromatic carbocycles. The van der Waals surface area contributed by atoms with Crippen LogP contribution in [0.4, 0.5) is 0 Å². The Bertz CT molecular complexity index is 581. The minimum Gasteiger partial charge on any atom is -0.384 e. The molecule has 0 saturated carbocycles. The number of thioether (sulfide) groups is 1. The fourth-order valence-electron chi connectivity index (χ4n) is 1.54. The molecular formula is C14H14N2OS. The number of rotatable bonds is 3. The predicted molar refractivity (Wildman–Crippen MR) is 73.2 cm³/mol. The molecule has 0 radical (unpaired) electrons. The Labute approximate surface area is 111 Å². The van der Waals surface area contributed by atoms with Crippen molar-refractivity contribution in [2.45, 2.75) is 10.9 Å². The highest BCUT2D eigenvalue weighted by atomic mass is 32.2. The molecule has 0 bridgehead atoms. The number of nitrogens with zero attached hydrogens (tertiary/aromatic N) is 2. The first-order valence-corrected chi connectivity index (χ1v) is 6.57. The maximum Gasteiger partial charge on any atom is 0.167 e. The summed E-state index contributed by atoms with van der Waals surface area (Å²) >= 11 is 1.68. The van der Waals surface area contributed by atoms with Gasteiger partial charge in [0.05, 0.1) is 0 Å². The van der Waals surface area contributed by atoms with Crippen LogP contribution in [0.5, 0.6) is 0 Å². The molecule has 1 heterocycles. The number of aryl methyl sites for hydroxylation is 1. The van der Waals surface area contributed by atoms with Crippen molar-refractivity contribution in [1.29, 1.82) is 0 Å². The molecular weight excluding hydrogens is 244 g/mol. The number of imidazole rings is 1. The smallest absolute Gasteiger partial charge is 0.167 e. The van der Waals surface area contributed by atoms with Crippen LogP contribution in [0.3, 0.4) is 0 Å². The summed E-state index contributed by atoms with van der Waals surface area (Å²) in [4.78, 5) is 4.27. The van der Waals surface area contributed by atoms with Crippen molar-refractivity contribution in [3.05, 3.63) is 47.8 Å². The Hall–Kier alpha value is -1.70. The van der Waals surface area contributed by atoms with Gasteiger partial charge in [-0.1, -0.05) is 41.8 Å². The zero-order chi connectivity index (χ0) is 12.8. The second-order valence-electron chi connectivity index (χ2n) is 3.73. The van der Waals surface area contributed by atoms with E-state index in [9.17, 15) is 0 Å². The number of hydrogen-bond donors (Lipinski definition) is 1. The van der Waals surface area contributed by atoms with Crippen LogP contribution >= 0.6 is 11.8 Å². The fourth-order valence-corrected chi connectivity index (χ4v) is 2.47. The maximum atomic E-state index is 8.74. The summed E-state index contributed by atoms with van der Waals surface area (Å²) in [5.41, 5.74) is 2.12. The van der Waals surface area contributed by atoms with E-state index in [2.05, 4.69) is 22.9 Å². The summed E-state index contributed by atoms with van der Waals surface area (Å²) in [5.74, 6) is 6.47. The molecule has 1 aromatic heterocycles. The Morgan fingerprint density at radius 3 is 2.94 bits per heavy atom. The van der Waals surface area contributed by atoms with Crippen LogP contribution in [0.15, 0.2) is 41.8 Å². The van der Waals surface area contributed by atoms with Crippen molar-refractivity contribution in [1.82, 2.24) is 9.55 Å². The van der Waals surface area contributed by atoms with Gasteiger partial charge in [0, 0.05) is 30.8 Å². The largest absolute Gasteiger partial charge is 0.384 e. The number of aliphatic hydroxyl groups excluding tert-OH is 1. The lowest BCUT2D eigenvalue weighted by Crippen LogP contribution is -1.92. The van der Waals surface area contributed by atoms with Crippen molar-refractivity contribution in [3.8, 4) is 11.8 Å². The molecule has 0 saturated heterocycles. The first-order chi connectivity index (χ1) is 8.81. The van der Waals surface area contributed by atoms with Gasteiger partial charge in [-0.15, -0.1) is 0 Å². The zero-order valence-electron chi connectivity index (χ0n) is 10.1. The van der Waals surface area contributed by atoms with Crippen LogP contribution in [-0.2, 0) is 12.8 Å². The van der Waals surface area contributed by atoms with Gasteiger partial charge in [0.1, 0.15) is 6.61 Å². The third-order valence-corrected chi connectivity index (χ3v) is 3.56. The van der Waals surface area contributed by atoms with Gasteiger partial charge in [0.2, 0.25) is 0 Å². The third kappa shape index (κ3) is 3.16. The lowest BCUT2D eigenvalue weighted by molar-refractivity contribution is 0.350. The summed E-state index contributed by atoms with van der Waals surface area (Å²) in [6, 6.07) is 7.98. The van der Waals surface area contributed by atoms with Crippen LogP contribution in [0, 0.1) is 11.8 Å². The van der Waals surface area contributed by atoms with Crippen molar-refractivity contribution >= 4 is 11.8 Å². The zero-order valence-corrected chi connectivity index (χ0v) is 10.9. The van der Waals surface area contributed by atoms with E-state index in [1.807, 2.05) is 36.0 Å². The molecule has 0 fully saturated rings. The molecule has 18 heavy (non-hydrogen) atoms. The lowest BCUT2D eigenvalue weighted by Gasteiger charge is -2.04. The number of aromatic nitrogens is 2. The average molecular weight is 258 g/mol. The van der Waals surface area contributed by atoms with E-state index < -0.39 is 0 Å². The highest BCUT2D eigenvalue weighted by molar-refractivity contribution is 7.98. The van der Waals surface area contributed by atoms with Crippen molar-refractivity contribution in [2.75, 3.05) is 6.61 Å². The molecule has 2 rings (SSSR count). The summed E-state index contributed by atoms with van der Waals surface area (Å²) in [5, 5.41) is 9.73. The minimum atomic E-state index is -0.110. The maximum absolute atomic E-state index is 8.74. The summed E-state index contributed by atoms with van der Waals surface area (Å²) < 4.78 is 1.99. The van der Waals surface area contributed by atoms with E-state index in [0.717, 1.165) is 22.0 Å². The highest BCUT2D eigenvalue weighted by Crippen LogP contribution is 2.22. The molecule has 0 aliphatic carbocycles. The standard InChI is InChI=1S/C14H14N2OS/c1-16-9-8-15-14(16)18-11-13-6-3-2-5-12(13)7-4-10-17/h2-3,5-6,8-9,17H,10-11H2,1H3. The van der Waals surface area contributed by atoms with Gasteiger partial charge in [-0.25, -0.2) is 4.98 Å². The second kappa shape index (κ2) is 6.29. The van der Waals surface area contributed by atoms with Gasteiger partial charge < -0.3 is 9.67 Å². The van der Waals surface area contributed by atoms with E-state index in [0.29, 0.717) is 0 Å². The van der Waals surface area contributed by atoms with E-state index in [1.54, 1.807) is 18.0 Å². The minimum absolute atomic E-state index is 0.110. The summed E-state index contributed by atoms with van der Waals surface area (Å²) in [7, 11) is 1.98. The predicted octanol–water partition coefficient (Wildman–Crippen LogP) is 2.06. The second-order valence-corrected chi connectivity index (χ2v) is 4.67. The molecule has 0 amide bonds. The van der Waals surface area contributed by atoms with Gasteiger partial charge >= 0.3 is 0 Å². The van der Waals surface area contributed by atoms with Crippen LogP contribution in [0.1, 0.15) is 11.1 Å². The molecule has 92 valence electrons. The lowest BCUT2D eigenvalue weighted by atomic mass is 10.1. The highest BCUT2D eigenvalue weighted by Gasteiger charge is 2.03. The average Bonchev–Trinajstić information content (AvgIpc) is 2.80. The normalized spacial score (nSPS) is 9.89. The third-order valence-electron chi connectivity index (χ3n) is 2.45. The molecule has 3 nitrogen and oxygen atoms in total. The molecule has 0 atom stereocenters. The van der Waals surface area contributed by atoms with Crippen molar-refractivity contribution in [2.24, 2.45) is 7.05 Å². The Morgan fingerprint density at radius 2 is 2.22 bits per heavy atom. The monoisotopic (exact) mass is 258 g/mol. The van der Waals surface area contributed by atoms with Gasteiger partial charge in [-0.2, -0.15) is 0 Å². The Balaban J connectivity index is 2.12. The van der Waals surface area contributed by atoms with Gasteiger partial charge in [0.15, 0.2) is 5.16 Å².